The summed E-state index contributed by atoms with van der Waals surface area (Å²) >= 11 is 3.45. The molecule has 1 atom stereocenters. The molecule has 3 rings (SSSR count). The van der Waals surface area contributed by atoms with E-state index in [2.05, 4.69) is 21.0 Å². The Hall–Kier alpha value is -1.53. The van der Waals surface area contributed by atoms with Crippen molar-refractivity contribution < 1.29 is 14.6 Å². The zero-order valence-corrected chi connectivity index (χ0v) is 12.8. The smallest absolute Gasteiger partial charge is 0.231 e. The van der Waals surface area contributed by atoms with Crippen LogP contribution >= 0.6 is 15.9 Å². The van der Waals surface area contributed by atoms with Gasteiger partial charge in [0.05, 0.1) is 16.4 Å². The van der Waals surface area contributed by atoms with Crippen LogP contribution in [0.5, 0.6) is 11.5 Å². The molecule has 2 heterocycles. The standard InChI is InChI=1S/C14H15BrN2O3/c1-8(2)17-13(10(15)6-16-17)14(18)9-3-4-11-12(5-9)20-7-19-11/h3-6,8,14,18H,7H2,1-2H3. The van der Waals surface area contributed by atoms with E-state index in [-0.39, 0.29) is 12.8 Å². The maximum Gasteiger partial charge on any atom is 0.231 e. The van der Waals surface area contributed by atoms with Crippen molar-refractivity contribution in [1.29, 1.82) is 0 Å². The number of fused-ring (bicyclic) bond motifs is 1. The van der Waals surface area contributed by atoms with Crippen molar-refractivity contribution in [3.63, 3.8) is 0 Å². The quantitative estimate of drug-likeness (QED) is 0.934. The molecule has 1 aliphatic rings. The Kier molecular flexibility index (Phi) is 3.43. The fourth-order valence-electron chi connectivity index (χ4n) is 2.26. The van der Waals surface area contributed by atoms with Crippen LogP contribution < -0.4 is 9.47 Å². The molecule has 6 heteroatoms. The van der Waals surface area contributed by atoms with Crippen LogP contribution in [-0.4, -0.2) is 21.7 Å². The summed E-state index contributed by atoms with van der Waals surface area (Å²) in [6.45, 7) is 4.27. The van der Waals surface area contributed by atoms with Crippen LogP contribution in [0.1, 0.15) is 37.3 Å². The second-order valence-corrected chi connectivity index (χ2v) is 5.79. The molecule has 0 aliphatic carbocycles. The van der Waals surface area contributed by atoms with Gasteiger partial charge in [-0.15, -0.1) is 0 Å². The van der Waals surface area contributed by atoms with Gasteiger partial charge in [0.25, 0.3) is 0 Å². The van der Waals surface area contributed by atoms with Gasteiger partial charge >= 0.3 is 0 Å². The molecular weight excluding hydrogens is 324 g/mol. The molecule has 0 saturated heterocycles. The number of aliphatic hydroxyl groups is 1. The molecule has 5 nitrogen and oxygen atoms in total. The molecule has 0 saturated carbocycles. The van der Waals surface area contributed by atoms with E-state index in [9.17, 15) is 5.11 Å². The van der Waals surface area contributed by atoms with E-state index >= 15 is 0 Å². The molecular formula is C14H15BrN2O3. The fourth-order valence-corrected chi connectivity index (χ4v) is 2.75. The summed E-state index contributed by atoms with van der Waals surface area (Å²) in [7, 11) is 0. The Morgan fingerprint density at radius 3 is 2.80 bits per heavy atom. The van der Waals surface area contributed by atoms with Crippen molar-refractivity contribution in [2.75, 3.05) is 6.79 Å². The van der Waals surface area contributed by atoms with Gasteiger partial charge in [0.1, 0.15) is 6.10 Å². The number of benzene rings is 1. The lowest BCUT2D eigenvalue weighted by Crippen LogP contribution is -2.12. The predicted octanol–water partition coefficient (Wildman–Crippen LogP) is 3.04. The molecule has 1 aromatic heterocycles. The molecule has 0 radical (unpaired) electrons. The molecule has 1 unspecified atom stereocenters. The number of ether oxygens (including phenoxy) is 2. The molecule has 20 heavy (non-hydrogen) atoms. The lowest BCUT2D eigenvalue weighted by Gasteiger charge is -2.17. The predicted molar refractivity (Wildman–Crippen MR) is 76.9 cm³/mol. The van der Waals surface area contributed by atoms with Crippen molar-refractivity contribution >= 4 is 15.9 Å². The molecule has 1 aromatic carbocycles. The molecule has 1 aliphatic heterocycles. The van der Waals surface area contributed by atoms with Crippen LogP contribution in [-0.2, 0) is 0 Å². The van der Waals surface area contributed by atoms with E-state index in [0.29, 0.717) is 11.5 Å². The number of aliphatic hydroxyl groups excluding tert-OH is 1. The van der Waals surface area contributed by atoms with E-state index in [1.54, 1.807) is 16.9 Å². The Morgan fingerprint density at radius 2 is 2.05 bits per heavy atom. The number of hydrogen-bond donors (Lipinski definition) is 1. The number of halogens is 1. The van der Waals surface area contributed by atoms with E-state index < -0.39 is 6.10 Å². The highest BCUT2D eigenvalue weighted by Crippen LogP contribution is 2.37. The largest absolute Gasteiger partial charge is 0.454 e. The summed E-state index contributed by atoms with van der Waals surface area (Å²) < 4.78 is 13.2. The van der Waals surface area contributed by atoms with Gasteiger partial charge in [-0.1, -0.05) is 6.07 Å². The van der Waals surface area contributed by atoms with Gasteiger partial charge < -0.3 is 14.6 Å². The van der Waals surface area contributed by atoms with E-state index in [4.69, 9.17) is 9.47 Å². The monoisotopic (exact) mass is 338 g/mol. The van der Waals surface area contributed by atoms with Crippen LogP contribution in [0.4, 0.5) is 0 Å². The SMILES string of the molecule is CC(C)n1ncc(Br)c1C(O)c1ccc2c(c1)OCO2. The fraction of sp³-hybridized carbons (Fsp3) is 0.357. The third kappa shape index (κ3) is 2.19. The molecule has 2 aromatic rings. The van der Waals surface area contributed by atoms with E-state index in [1.165, 1.54) is 0 Å². The Morgan fingerprint density at radius 1 is 1.30 bits per heavy atom. The first-order chi connectivity index (χ1) is 9.58. The maximum absolute atomic E-state index is 10.6. The van der Waals surface area contributed by atoms with Crippen LogP contribution in [0.3, 0.4) is 0 Å². The average molecular weight is 339 g/mol. The van der Waals surface area contributed by atoms with Crippen LogP contribution in [0.2, 0.25) is 0 Å². The minimum atomic E-state index is -0.774. The van der Waals surface area contributed by atoms with Crippen molar-refractivity contribution in [2.24, 2.45) is 0 Å². The molecule has 0 amide bonds. The van der Waals surface area contributed by atoms with Crippen molar-refractivity contribution in [3.05, 3.63) is 40.1 Å². The minimum Gasteiger partial charge on any atom is -0.454 e. The summed E-state index contributed by atoms with van der Waals surface area (Å²) in [6, 6.07) is 5.62. The van der Waals surface area contributed by atoms with Crippen LogP contribution in [0.15, 0.2) is 28.9 Å². The number of hydrogen-bond acceptors (Lipinski definition) is 4. The van der Waals surface area contributed by atoms with Gasteiger partial charge in [0.2, 0.25) is 6.79 Å². The summed E-state index contributed by atoms with van der Waals surface area (Å²) in [4.78, 5) is 0. The van der Waals surface area contributed by atoms with Gasteiger partial charge in [-0.3, -0.25) is 4.68 Å². The minimum absolute atomic E-state index is 0.167. The third-order valence-electron chi connectivity index (χ3n) is 3.25. The van der Waals surface area contributed by atoms with E-state index in [1.807, 2.05) is 26.0 Å². The molecule has 1 N–H and O–H groups in total. The van der Waals surface area contributed by atoms with Gasteiger partial charge in [-0.2, -0.15) is 5.10 Å². The van der Waals surface area contributed by atoms with Crippen LogP contribution in [0.25, 0.3) is 0 Å². The zero-order valence-electron chi connectivity index (χ0n) is 11.2. The topological polar surface area (TPSA) is 56.5 Å². The molecule has 0 fully saturated rings. The van der Waals surface area contributed by atoms with Gasteiger partial charge in [-0.05, 0) is 47.5 Å². The highest BCUT2D eigenvalue weighted by molar-refractivity contribution is 9.10. The van der Waals surface area contributed by atoms with Crippen molar-refractivity contribution in [2.45, 2.75) is 26.0 Å². The highest BCUT2D eigenvalue weighted by Gasteiger charge is 2.23. The maximum atomic E-state index is 10.6. The first-order valence-corrected chi connectivity index (χ1v) is 7.17. The summed E-state index contributed by atoms with van der Waals surface area (Å²) in [5.74, 6) is 1.37. The van der Waals surface area contributed by atoms with Crippen molar-refractivity contribution in [1.82, 2.24) is 9.78 Å². The van der Waals surface area contributed by atoms with Crippen molar-refractivity contribution in [3.8, 4) is 11.5 Å². The summed E-state index contributed by atoms with van der Waals surface area (Å²) in [6.07, 6.45) is 0.926. The zero-order chi connectivity index (χ0) is 14.3. The summed E-state index contributed by atoms with van der Waals surface area (Å²) in [5.41, 5.74) is 1.48. The highest BCUT2D eigenvalue weighted by atomic mass is 79.9. The summed E-state index contributed by atoms with van der Waals surface area (Å²) in [5, 5.41) is 14.9. The first-order valence-electron chi connectivity index (χ1n) is 6.38. The molecule has 0 bridgehead atoms. The lowest BCUT2D eigenvalue weighted by molar-refractivity contribution is 0.173. The lowest BCUT2D eigenvalue weighted by atomic mass is 10.1. The second kappa shape index (κ2) is 5.10. The number of rotatable bonds is 3. The Balaban J connectivity index is 2.00. The van der Waals surface area contributed by atoms with Gasteiger partial charge in [-0.25, -0.2) is 0 Å². The van der Waals surface area contributed by atoms with Gasteiger partial charge in [0.15, 0.2) is 11.5 Å². The second-order valence-electron chi connectivity index (χ2n) is 4.93. The molecule has 0 spiro atoms. The molecule has 106 valence electrons. The third-order valence-corrected chi connectivity index (χ3v) is 3.86. The number of nitrogens with zero attached hydrogens (tertiary/aromatic N) is 2. The Bertz CT molecular complexity index is 639. The normalized spacial score (nSPS) is 14.8. The first kappa shape index (κ1) is 13.5. The Labute approximate surface area is 125 Å². The van der Waals surface area contributed by atoms with E-state index in [0.717, 1.165) is 15.7 Å². The average Bonchev–Trinajstić information content (AvgIpc) is 3.03. The number of aromatic nitrogens is 2. The van der Waals surface area contributed by atoms with Crippen LogP contribution in [0, 0.1) is 0 Å². The van der Waals surface area contributed by atoms with Gasteiger partial charge in [0, 0.05) is 6.04 Å².